The van der Waals surface area contributed by atoms with Crippen molar-refractivity contribution in [2.75, 3.05) is 35.1 Å². The molecule has 0 aliphatic carbocycles. The smallest absolute Gasteiger partial charge is 0.264 e. The molecule has 0 heterocycles. The molecule has 5 rings (SSSR count). The number of para-hydroxylation sites is 1. The average molecular weight is 688 g/mol. The number of nitrogens with zero attached hydrogens (tertiary/aromatic N) is 1. The molecule has 0 bridgehead atoms. The zero-order valence-electron chi connectivity index (χ0n) is 26.3. The van der Waals surface area contributed by atoms with Gasteiger partial charge in [-0.3, -0.25) is 13.8 Å². The van der Waals surface area contributed by atoms with Crippen LogP contribution in [0.4, 0.5) is 17.1 Å². The number of ether oxygens (including phenoxy) is 3. The summed E-state index contributed by atoms with van der Waals surface area (Å²) in [4.78, 5) is 13.2. The molecule has 2 N–H and O–H groups in total. The van der Waals surface area contributed by atoms with E-state index < -0.39 is 32.5 Å². The summed E-state index contributed by atoms with van der Waals surface area (Å²) in [6.07, 6.45) is 0. The first-order chi connectivity index (χ1) is 23.0. The molecule has 0 aliphatic rings. The molecule has 0 saturated carbocycles. The maximum absolute atomic E-state index is 13.8. The van der Waals surface area contributed by atoms with Crippen LogP contribution in [-0.2, 0) is 24.8 Å². The van der Waals surface area contributed by atoms with Crippen molar-refractivity contribution in [1.29, 1.82) is 0 Å². The standard InChI is InChI=1S/C35H33N3O8S2/c1-25-9-18-32(19-10-25)48(42,43)38(27-13-15-29(16-14-27)46-28-7-5-4-6-8-28)24-35(39)36-26-11-20-31(21-12-26)47(40,41)37-33-22-17-30(44-2)23-34(33)45-3/h4-23,37H,24H2,1-3H3,(H,36,39). The van der Waals surface area contributed by atoms with Crippen LogP contribution in [0.15, 0.2) is 131 Å². The highest BCUT2D eigenvalue weighted by molar-refractivity contribution is 7.93. The first-order valence-corrected chi connectivity index (χ1v) is 17.5. The summed E-state index contributed by atoms with van der Waals surface area (Å²) in [6, 6.07) is 31.9. The van der Waals surface area contributed by atoms with Gasteiger partial charge in [0.05, 0.1) is 35.4 Å². The summed E-state index contributed by atoms with van der Waals surface area (Å²) in [5, 5.41) is 2.66. The maximum atomic E-state index is 13.8. The molecule has 5 aromatic rings. The minimum absolute atomic E-state index is 0.0149. The van der Waals surface area contributed by atoms with E-state index in [9.17, 15) is 21.6 Å². The summed E-state index contributed by atoms with van der Waals surface area (Å²) in [5.41, 5.74) is 1.60. The summed E-state index contributed by atoms with van der Waals surface area (Å²) in [6.45, 7) is 1.28. The monoisotopic (exact) mass is 687 g/mol. The van der Waals surface area contributed by atoms with E-state index >= 15 is 0 Å². The summed E-state index contributed by atoms with van der Waals surface area (Å²) < 4.78 is 73.6. The lowest BCUT2D eigenvalue weighted by Gasteiger charge is -2.24. The Hall–Kier alpha value is -5.53. The van der Waals surface area contributed by atoms with Crippen LogP contribution in [0.1, 0.15) is 5.56 Å². The van der Waals surface area contributed by atoms with Crippen LogP contribution in [0.5, 0.6) is 23.0 Å². The van der Waals surface area contributed by atoms with E-state index in [4.69, 9.17) is 14.2 Å². The molecule has 5 aromatic carbocycles. The first kappa shape index (κ1) is 33.8. The third kappa shape index (κ3) is 8.06. The summed E-state index contributed by atoms with van der Waals surface area (Å²) in [5.74, 6) is 1.22. The van der Waals surface area contributed by atoms with E-state index in [0.717, 1.165) is 9.87 Å². The van der Waals surface area contributed by atoms with E-state index in [1.165, 1.54) is 56.7 Å². The Morgan fingerprint density at radius 2 is 1.29 bits per heavy atom. The Labute approximate surface area is 279 Å². The van der Waals surface area contributed by atoms with Crippen LogP contribution >= 0.6 is 0 Å². The zero-order chi connectivity index (χ0) is 34.3. The predicted octanol–water partition coefficient (Wildman–Crippen LogP) is 6.44. The van der Waals surface area contributed by atoms with Crippen LogP contribution in [-0.4, -0.2) is 43.5 Å². The van der Waals surface area contributed by atoms with Gasteiger partial charge in [-0.05, 0) is 91.9 Å². The van der Waals surface area contributed by atoms with Crippen molar-refractivity contribution in [3.63, 3.8) is 0 Å². The van der Waals surface area contributed by atoms with Gasteiger partial charge in [-0.1, -0.05) is 35.9 Å². The van der Waals surface area contributed by atoms with Crippen LogP contribution in [0.25, 0.3) is 0 Å². The highest BCUT2D eigenvalue weighted by Crippen LogP contribution is 2.32. The molecular formula is C35H33N3O8S2. The third-order valence-corrected chi connectivity index (χ3v) is 10.3. The molecule has 0 spiro atoms. The fraction of sp³-hybridized carbons (Fsp3) is 0.114. The van der Waals surface area contributed by atoms with Gasteiger partial charge in [0.1, 0.15) is 29.5 Å². The minimum atomic E-state index is -4.17. The molecule has 0 saturated heterocycles. The fourth-order valence-corrected chi connectivity index (χ4v) is 7.08. The van der Waals surface area contributed by atoms with Gasteiger partial charge in [-0.25, -0.2) is 16.8 Å². The molecule has 0 aromatic heterocycles. The summed E-state index contributed by atoms with van der Waals surface area (Å²) >= 11 is 0. The molecule has 48 heavy (non-hydrogen) atoms. The predicted molar refractivity (Wildman–Crippen MR) is 184 cm³/mol. The molecule has 13 heteroatoms. The topological polar surface area (TPSA) is 140 Å². The zero-order valence-corrected chi connectivity index (χ0v) is 27.9. The second kappa shape index (κ2) is 14.5. The number of sulfonamides is 2. The lowest BCUT2D eigenvalue weighted by molar-refractivity contribution is -0.114. The van der Waals surface area contributed by atoms with Gasteiger partial charge in [0.15, 0.2) is 0 Å². The number of hydrogen-bond acceptors (Lipinski definition) is 8. The number of rotatable bonds is 13. The Kier molecular flexibility index (Phi) is 10.2. The molecule has 0 fully saturated rings. The van der Waals surface area contributed by atoms with Crippen molar-refractivity contribution in [1.82, 2.24) is 0 Å². The molecule has 0 radical (unpaired) electrons. The van der Waals surface area contributed by atoms with Crippen molar-refractivity contribution in [2.24, 2.45) is 0 Å². The Bertz CT molecular complexity index is 2090. The van der Waals surface area contributed by atoms with E-state index in [1.807, 2.05) is 25.1 Å². The largest absolute Gasteiger partial charge is 0.497 e. The Balaban J connectivity index is 1.34. The van der Waals surface area contributed by atoms with Crippen molar-refractivity contribution in [3.05, 3.63) is 127 Å². The van der Waals surface area contributed by atoms with Crippen LogP contribution in [0.3, 0.4) is 0 Å². The number of amides is 1. The maximum Gasteiger partial charge on any atom is 0.264 e. The summed E-state index contributed by atoms with van der Waals surface area (Å²) in [7, 11) is -5.30. The number of benzene rings is 5. The van der Waals surface area contributed by atoms with Gasteiger partial charge in [0, 0.05) is 11.8 Å². The second-order valence-corrected chi connectivity index (χ2v) is 14.0. The number of carbonyl (C=O) groups excluding carboxylic acids is 1. The van der Waals surface area contributed by atoms with Crippen LogP contribution in [0.2, 0.25) is 0 Å². The van der Waals surface area contributed by atoms with E-state index in [-0.39, 0.29) is 32.6 Å². The molecule has 0 unspecified atom stereocenters. The number of hydrogen-bond donors (Lipinski definition) is 2. The van der Waals surface area contributed by atoms with E-state index in [0.29, 0.717) is 17.2 Å². The number of methoxy groups -OCH3 is 2. The first-order valence-electron chi connectivity index (χ1n) is 14.6. The van der Waals surface area contributed by atoms with Gasteiger partial charge >= 0.3 is 0 Å². The fourth-order valence-electron chi connectivity index (χ4n) is 4.59. The van der Waals surface area contributed by atoms with E-state index in [2.05, 4.69) is 10.0 Å². The van der Waals surface area contributed by atoms with Crippen LogP contribution < -0.4 is 28.6 Å². The molecule has 1 amide bonds. The number of carbonyl (C=O) groups is 1. The average Bonchev–Trinajstić information content (AvgIpc) is 3.08. The van der Waals surface area contributed by atoms with Crippen molar-refractivity contribution < 1.29 is 35.8 Å². The Morgan fingerprint density at radius 3 is 1.92 bits per heavy atom. The van der Waals surface area contributed by atoms with Gasteiger partial charge in [0.2, 0.25) is 5.91 Å². The molecule has 0 atom stereocenters. The number of aryl methyl sites for hydroxylation is 1. The molecule has 0 aliphatic heterocycles. The Morgan fingerprint density at radius 1 is 0.688 bits per heavy atom. The quantitative estimate of drug-likeness (QED) is 0.144. The lowest BCUT2D eigenvalue weighted by atomic mass is 10.2. The second-order valence-electron chi connectivity index (χ2n) is 10.5. The third-order valence-electron chi connectivity index (χ3n) is 7.10. The molecule has 248 valence electrons. The van der Waals surface area contributed by atoms with Gasteiger partial charge in [0.25, 0.3) is 20.0 Å². The van der Waals surface area contributed by atoms with Crippen molar-refractivity contribution >= 4 is 43.0 Å². The van der Waals surface area contributed by atoms with Gasteiger partial charge in [-0.2, -0.15) is 0 Å². The highest BCUT2D eigenvalue weighted by atomic mass is 32.2. The van der Waals surface area contributed by atoms with Gasteiger partial charge in [-0.15, -0.1) is 0 Å². The lowest BCUT2D eigenvalue weighted by Crippen LogP contribution is -2.38. The SMILES string of the molecule is COc1ccc(NS(=O)(=O)c2ccc(NC(=O)CN(c3ccc(Oc4ccccc4)cc3)S(=O)(=O)c3ccc(C)cc3)cc2)c(OC)c1. The van der Waals surface area contributed by atoms with Crippen molar-refractivity contribution in [2.45, 2.75) is 16.7 Å². The van der Waals surface area contributed by atoms with Crippen molar-refractivity contribution in [3.8, 4) is 23.0 Å². The van der Waals surface area contributed by atoms with E-state index in [1.54, 1.807) is 60.7 Å². The normalized spacial score (nSPS) is 11.3. The van der Waals surface area contributed by atoms with Crippen LogP contribution in [0, 0.1) is 6.92 Å². The number of anilines is 3. The van der Waals surface area contributed by atoms with Gasteiger partial charge < -0.3 is 19.5 Å². The minimum Gasteiger partial charge on any atom is -0.497 e. The highest BCUT2D eigenvalue weighted by Gasteiger charge is 2.27. The molecular weight excluding hydrogens is 655 g/mol. The molecule has 11 nitrogen and oxygen atoms in total. The number of nitrogens with one attached hydrogen (secondary N) is 2.